The van der Waals surface area contributed by atoms with Gasteiger partial charge in [-0.3, -0.25) is 0 Å². The lowest BCUT2D eigenvalue weighted by Crippen LogP contribution is -2.37. The smallest absolute Gasteiger partial charge is 0.192 e. The highest BCUT2D eigenvalue weighted by Gasteiger charge is 2.29. The Morgan fingerprint density at radius 1 is 1.11 bits per heavy atom. The molecule has 0 radical (unpaired) electrons. The van der Waals surface area contributed by atoms with Gasteiger partial charge in [0.05, 0.1) is 0 Å². The Kier molecular flexibility index (Phi) is 6.37. The lowest BCUT2D eigenvalue weighted by molar-refractivity contribution is 0.319. The monoisotopic (exact) mass is 262 g/mol. The minimum Gasteiger partial charge on any atom is -0.417 e. The highest BCUT2D eigenvalue weighted by molar-refractivity contribution is 6.73. The van der Waals surface area contributed by atoms with Crippen LogP contribution in [0.15, 0.2) is 30.8 Å². The van der Waals surface area contributed by atoms with Gasteiger partial charge < -0.3 is 4.43 Å². The van der Waals surface area contributed by atoms with Crippen molar-refractivity contribution in [3.05, 3.63) is 42.0 Å². The van der Waals surface area contributed by atoms with Gasteiger partial charge in [-0.2, -0.15) is 0 Å². The molecular weight excluding hydrogens is 236 g/mol. The first-order valence-electron chi connectivity index (χ1n) is 7.05. The van der Waals surface area contributed by atoms with Gasteiger partial charge in [-0.1, -0.05) is 50.8 Å². The zero-order chi connectivity index (χ0) is 13.4. The van der Waals surface area contributed by atoms with E-state index < -0.39 is 8.32 Å². The molecule has 18 heavy (non-hydrogen) atoms. The summed E-state index contributed by atoms with van der Waals surface area (Å²) in [5, 5.41) is 0. The molecule has 0 aliphatic rings. The quantitative estimate of drug-likeness (QED) is 0.606. The fourth-order valence-electron chi connectivity index (χ4n) is 2.38. The second-order valence-electron chi connectivity index (χ2n) is 4.77. The molecular formula is C16H26OSi. The van der Waals surface area contributed by atoms with Crippen LogP contribution in [0.1, 0.15) is 31.9 Å². The van der Waals surface area contributed by atoms with Crippen LogP contribution in [-0.2, 0) is 10.8 Å². The molecule has 0 fully saturated rings. The summed E-state index contributed by atoms with van der Waals surface area (Å²) in [6.07, 6.45) is 3.03. The van der Waals surface area contributed by atoms with E-state index in [0.29, 0.717) is 0 Å². The van der Waals surface area contributed by atoms with E-state index in [1.165, 1.54) is 29.3 Å². The number of hydrogen-bond donors (Lipinski definition) is 0. The highest BCUT2D eigenvalue weighted by atomic mass is 28.4. The topological polar surface area (TPSA) is 9.23 Å². The van der Waals surface area contributed by atoms with E-state index in [1.54, 1.807) is 0 Å². The van der Waals surface area contributed by atoms with E-state index in [0.717, 1.165) is 13.0 Å². The maximum Gasteiger partial charge on any atom is 0.192 e. The average Bonchev–Trinajstić information content (AvgIpc) is 2.44. The van der Waals surface area contributed by atoms with Crippen LogP contribution in [0.2, 0.25) is 18.1 Å². The molecule has 0 aromatic heterocycles. The fourth-order valence-corrected chi connectivity index (χ4v) is 5.49. The molecule has 1 aromatic rings. The molecule has 0 atom stereocenters. The van der Waals surface area contributed by atoms with E-state index in [-0.39, 0.29) is 0 Å². The third-order valence-corrected chi connectivity index (χ3v) is 8.46. The van der Waals surface area contributed by atoms with Crippen molar-refractivity contribution in [2.75, 3.05) is 6.61 Å². The maximum atomic E-state index is 6.12. The number of hydrogen-bond acceptors (Lipinski definition) is 1. The molecule has 0 amide bonds. The molecule has 0 aliphatic heterocycles. The van der Waals surface area contributed by atoms with Crippen LogP contribution >= 0.6 is 0 Å². The summed E-state index contributed by atoms with van der Waals surface area (Å²) in [7, 11) is -1.47. The van der Waals surface area contributed by atoms with Gasteiger partial charge in [0.1, 0.15) is 0 Å². The van der Waals surface area contributed by atoms with Crippen LogP contribution in [0.4, 0.5) is 0 Å². The number of aryl methyl sites for hydroxylation is 1. The van der Waals surface area contributed by atoms with E-state index >= 15 is 0 Å². The van der Waals surface area contributed by atoms with Crippen molar-refractivity contribution in [1.29, 1.82) is 0 Å². The molecule has 0 spiro atoms. The summed E-state index contributed by atoms with van der Waals surface area (Å²) in [6, 6.07) is 12.4. The fraction of sp³-hybridized carbons (Fsp3) is 0.500. The molecule has 1 nitrogen and oxygen atoms in total. The average molecular weight is 262 g/mol. The third-order valence-electron chi connectivity index (χ3n) is 3.82. The highest BCUT2D eigenvalue weighted by Crippen LogP contribution is 2.24. The number of rotatable bonds is 8. The van der Waals surface area contributed by atoms with Gasteiger partial charge in [0.2, 0.25) is 0 Å². The summed E-state index contributed by atoms with van der Waals surface area (Å²) in [6.45, 7) is 11.3. The van der Waals surface area contributed by atoms with Crippen LogP contribution in [-0.4, -0.2) is 14.9 Å². The summed E-state index contributed by atoms with van der Waals surface area (Å²) < 4.78 is 6.12. The largest absolute Gasteiger partial charge is 0.417 e. The Balaban J connectivity index is 2.63. The zero-order valence-electron chi connectivity index (χ0n) is 12.0. The third kappa shape index (κ3) is 4.11. The first-order valence-corrected chi connectivity index (χ1v) is 9.58. The maximum absolute atomic E-state index is 6.12. The molecule has 0 saturated carbocycles. The van der Waals surface area contributed by atoms with Gasteiger partial charge in [-0.15, -0.1) is 0 Å². The van der Waals surface area contributed by atoms with Crippen LogP contribution < -0.4 is 0 Å². The second-order valence-corrected chi connectivity index (χ2v) is 9.34. The van der Waals surface area contributed by atoms with E-state index in [1.807, 2.05) is 6.08 Å². The standard InChI is InChI=1S/C16H26OSi/c1-5-15-9-11-16(12-10-15)13-14-18(7-3,8-4)17-6-2/h5,9-12H,1,6-8,13-14H2,2-4H3. The minimum atomic E-state index is -1.47. The van der Waals surface area contributed by atoms with Crippen LogP contribution in [0.5, 0.6) is 0 Å². The van der Waals surface area contributed by atoms with Crippen molar-refractivity contribution < 1.29 is 4.43 Å². The first-order chi connectivity index (χ1) is 8.69. The summed E-state index contributed by atoms with van der Waals surface area (Å²) in [5.74, 6) is 0. The van der Waals surface area contributed by atoms with Gasteiger partial charge in [-0.25, -0.2) is 0 Å². The van der Waals surface area contributed by atoms with Gasteiger partial charge in [0, 0.05) is 6.61 Å². The van der Waals surface area contributed by atoms with Gasteiger partial charge in [0.25, 0.3) is 0 Å². The molecule has 100 valence electrons. The first kappa shape index (κ1) is 15.2. The Morgan fingerprint density at radius 3 is 2.17 bits per heavy atom. The van der Waals surface area contributed by atoms with Crippen LogP contribution in [0.3, 0.4) is 0 Å². The lowest BCUT2D eigenvalue weighted by atomic mass is 10.1. The van der Waals surface area contributed by atoms with Crippen molar-refractivity contribution >= 4 is 14.4 Å². The molecule has 1 rings (SSSR count). The van der Waals surface area contributed by atoms with Crippen molar-refractivity contribution in [2.24, 2.45) is 0 Å². The van der Waals surface area contributed by atoms with Crippen molar-refractivity contribution in [3.63, 3.8) is 0 Å². The zero-order valence-corrected chi connectivity index (χ0v) is 13.0. The Morgan fingerprint density at radius 2 is 1.72 bits per heavy atom. The van der Waals surface area contributed by atoms with Crippen molar-refractivity contribution in [2.45, 2.75) is 45.3 Å². The predicted octanol–water partition coefficient (Wildman–Crippen LogP) is 4.89. The van der Waals surface area contributed by atoms with E-state index in [9.17, 15) is 0 Å². The van der Waals surface area contributed by atoms with Crippen molar-refractivity contribution in [1.82, 2.24) is 0 Å². The molecule has 1 aromatic carbocycles. The Hall–Kier alpha value is -0.863. The molecule has 0 N–H and O–H groups in total. The van der Waals surface area contributed by atoms with E-state index in [2.05, 4.69) is 51.6 Å². The number of benzene rings is 1. The summed E-state index contributed by atoms with van der Waals surface area (Å²) >= 11 is 0. The van der Waals surface area contributed by atoms with Gasteiger partial charge in [-0.05, 0) is 42.6 Å². The van der Waals surface area contributed by atoms with Crippen LogP contribution in [0, 0.1) is 0 Å². The van der Waals surface area contributed by atoms with Crippen molar-refractivity contribution in [3.8, 4) is 0 Å². The molecule has 2 heteroatoms. The summed E-state index contributed by atoms with van der Waals surface area (Å²) in [4.78, 5) is 0. The molecule has 0 heterocycles. The van der Waals surface area contributed by atoms with Gasteiger partial charge in [0.15, 0.2) is 8.32 Å². The van der Waals surface area contributed by atoms with Crippen LogP contribution in [0.25, 0.3) is 6.08 Å². The normalized spacial score (nSPS) is 11.5. The van der Waals surface area contributed by atoms with Gasteiger partial charge >= 0.3 is 0 Å². The summed E-state index contributed by atoms with van der Waals surface area (Å²) in [5.41, 5.74) is 2.61. The lowest BCUT2D eigenvalue weighted by Gasteiger charge is -2.28. The molecule has 0 unspecified atom stereocenters. The SMILES string of the molecule is C=Cc1ccc(CC[Si](CC)(CC)OCC)cc1. The molecule has 0 saturated heterocycles. The van der Waals surface area contributed by atoms with E-state index in [4.69, 9.17) is 4.43 Å². The molecule has 0 bridgehead atoms. The minimum absolute atomic E-state index is 0.864. The Labute approximate surface area is 113 Å². The Bertz CT molecular complexity index is 352. The second kappa shape index (κ2) is 7.55. The molecule has 0 aliphatic carbocycles. The predicted molar refractivity (Wildman–Crippen MR) is 83.4 cm³/mol.